The molecule has 1 rings (SSSR count). The molecule has 0 unspecified atom stereocenters. The highest BCUT2D eigenvalue weighted by Crippen LogP contribution is 2.34. The van der Waals surface area contributed by atoms with E-state index in [9.17, 15) is 21.6 Å². The van der Waals surface area contributed by atoms with Crippen molar-refractivity contribution in [1.82, 2.24) is 0 Å². The van der Waals surface area contributed by atoms with Crippen LogP contribution in [0.3, 0.4) is 0 Å². The zero-order chi connectivity index (χ0) is 11.9. The molecule has 0 aliphatic carbocycles. The van der Waals surface area contributed by atoms with E-state index in [1.54, 1.807) is 0 Å². The van der Waals surface area contributed by atoms with Gasteiger partial charge in [-0.15, -0.1) is 0 Å². The molecule has 0 aliphatic rings. The van der Waals surface area contributed by atoms with Gasteiger partial charge in [-0.3, -0.25) is 0 Å². The highest BCUT2D eigenvalue weighted by Gasteiger charge is 2.47. The molecule has 0 saturated heterocycles. The number of nitrogens with two attached hydrogens (primary N) is 1. The van der Waals surface area contributed by atoms with Gasteiger partial charge in [-0.1, -0.05) is 11.6 Å². The molecule has 0 fully saturated rings. The lowest BCUT2D eigenvalue weighted by Gasteiger charge is -2.10. The van der Waals surface area contributed by atoms with E-state index >= 15 is 0 Å². The number of benzene rings is 1. The minimum absolute atomic E-state index is 0.132. The van der Waals surface area contributed by atoms with Crippen molar-refractivity contribution in [2.75, 3.05) is 5.73 Å². The molecule has 0 aromatic heterocycles. The molecule has 0 radical (unpaired) electrons. The number of sulfone groups is 1. The van der Waals surface area contributed by atoms with Crippen molar-refractivity contribution in [2.24, 2.45) is 0 Å². The van der Waals surface area contributed by atoms with Gasteiger partial charge in [0.2, 0.25) is 0 Å². The van der Waals surface area contributed by atoms with Crippen LogP contribution in [0.1, 0.15) is 0 Å². The maximum absolute atomic E-state index is 12.1. The van der Waals surface area contributed by atoms with Crippen LogP contribution in [-0.4, -0.2) is 13.9 Å². The van der Waals surface area contributed by atoms with Gasteiger partial charge in [-0.2, -0.15) is 13.2 Å². The van der Waals surface area contributed by atoms with Crippen LogP contribution < -0.4 is 5.73 Å². The summed E-state index contributed by atoms with van der Waals surface area (Å²) in [5.74, 6) is 0. The van der Waals surface area contributed by atoms with Gasteiger partial charge in [0.25, 0.3) is 9.84 Å². The second-order valence-electron chi connectivity index (χ2n) is 2.63. The summed E-state index contributed by atoms with van der Waals surface area (Å²) in [6.07, 6.45) is 0. The van der Waals surface area contributed by atoms with Gasteiger partial charge in [0.15, 0.2) is 0 Å². The van der Waals surface area contributed by atoms with Crippen molar-refractivity contribution < 1.29 is 21.6 Å². The van der Waals surface area contributed by atoms with Crippen molar-refractivity contribution >= 4 is 27.1 Å². The van der Waals surface area contributed by atoms with Crippen LogP contribution in [-0.2, 0) is 9.84 Å². The van der Waals surface area contributed by atoms with Crippen LogP contribution in [0.4, 0.5) is 18.9 Å². The van der Waals surface area contributed by atoms with Gasteiger partial charge >= 0.3 is 5.51 Å². The largest absolute Gasteiger partial charge is 0.501 e. The lowest BCUT2D eigenvalue weighted by Crippen LogP contribution is -2.24. The van der Waals surface area contributed by atoms with E-state index in [-0.39, 0.29) is 5.02 Å². The molecular weight excluding hydrogens is 255 g/mol. The second-order valence-corrected chi connectivity index (χ2v) is 4.98. The monoisotopic (exact) mass is 259 g/mol. The maximum Gasteiger partial charge on any atom is 0.501 e. The summed E-state index contributed by atoms with van der Waals surface area (Å²) in [5.41, 5.74) is -0.738. The number of hydrogen-bond donors (Lipinski definition) is 1. The van der Waals surface area contributed by atoms with Crippen molar-refractivity contribution in [3.8, 4) is 0 Å². The molecule has 0 amide bonds. The van der Waals surface area contributed by atoms with Gasteiger partial charge in [0.1, 0.15) is 4.90 Å². The predicted molar refractivity (Wildman–Crippen MR) is 49.1 cm³/mol. The zero-order valence-electron chi connectivity index (χ0n) is 7.05. The Morgan fingerprint density at radius 3 is 2.27 bits per heavy atom. The van der Waals surface area contributed by atoms with Crippen LogP contribution in [0.25, 0.3) is 0 Å². The molecule has 0 bridgehead atoms. The minimum Gasteiger partial charge on any atom is -0.398 e. The Morgan fingerprint density at radius 1 is 1.27 bits per heavy atom. The van der Waals surface area contributed by atoms with Crippen molar-refractivity contribution in [3.63, 3.8) is 0 Å². The summed E-state index contributed by atoms with van der Waals surface area (Å²) in [6.45, 7) is 0. The smallest absolute Gasteiger partial charge is 0.398 e. The van der Waals surface area contributed by atoms with Gasteiger partial charge in [0, 0.05) is 5.02 Å². The maximum atomic E-state index is 12.1. The van der Waals surface area contributed by atoms with Crippen molar-refractivity contribution in [2.45, 2.75) is 10.4 Å². The first-order valence-corrected chi connectivity index (χ1v) is 5.39. The average Bonchev–Trinajstić information content (AvgIpc) is 2.07. The molecule has 3 nitrogen and oxygen atoms in total. The Bertz CT molecular complexity index is 483. The Kier molecular flexibility index (Phi) is 2.88. The van der Waals surface area contributed by atoms with Gasteiger partial charge in [-0.25, -0.2) is 8.42 Å². The van der Waals surface area contributed by atoms with E-state index in [1.165, 1.54) is 6.07 Å². The van der Waals surface area contributed by atoms with E-state index in [1.807, 2.05) is 0 Å². The number of nitrogen functional groups attached to an aromatic ring is 1. The Labute approximate surface area is 88.6 Å². The van der Waals surface area contributed by atoms with Crippen LogP contribution in [0.5, 0.6) is 0 Å². The summed E-state index contributed by atoms with van der Waals surface area (Å²) >= 11 is 5.39. The average molecular weight is 260 g/mol. The Morgan fingerprint density at radius 2 is 1.80 bits per heavy atom. The topological polar surface area (TPSA) is 60.2 Å². The number of alkyl halides is 3. The third-order valence-electron chi connectivity index (χ3n) is 1.57. The number of halogens is 4. The van der Waals surface area contributed by atoms with Crippen LogP contribution in [0.2, 0.25) is 5.02 Å². The molecule has 0 atom stereocenters. The Balaban J connectivity index is 3.47. The number of rotatable bonds is 1. The fourth-order valence-electron chi connectivity index (χ4n) is 0.866. The summed E-state index contributed by atoms with van der Waals surface area (Å²) in [4.78, 5) is -1.03. The fourth-order valence-corrected chi connectivity index (χ4v) is 2.01. The van der Waals surface area contributed by atoms with Gasteiger partial charge < -0.3 is 5.73 Å². The third kappa shape index (κ3) is 2.18. The van der Waals surface area contributed by atoms with Crippen LogP contribution in [0, 0.1) is 0 Å². The lowest BCUT2D eigenvalue weighted by atomic mass is 10.3. The zero-order valence-corrected chi connectivity index (χ0v) is 8.62. The van der Waals surface area contributed by atoms with Gasteiger partial charge in [0.05, 0.1) is 5.69 Å². The summed E-state index contributed by atoms with van der Waals surface area (Å²) < 4.78 is 58.4. The SMILES string of the molecule is Nc1ccc(Cl)cc1S(=O)(=O)C(F)(F)F. The predicted octanol–water partition coefficient (Wildman–Crippen LogP) is 2.22. The molecule has 15 heavy (non-hydrogen) atoms. The summed E-state index contributed by atoms with van der Waals surface area (Å²) in [7, 11) is -5.44. The second kappa shape index (κ2) is 3.57. The van der Waals surface area contributed by atoms with E-state index in [0.29, 0.717) is 6.07 Å². The molecule has 1 aromatic carbocycles. The number of anilines is 1. The summed E-state index contributed by atoms with van der Waals surface area (Å²) in [6, 6.07) is 2.87. The van der Waals surface area contributed by atoms with Crippen molar-refractivity contribution in [1.29, 1.82) is 0 Å². The molecule has 8 heteroatoms. The summed E-state index contributed by atoms with van der Waals surface area (Å²) in [5, 5.41) is -0.132. The van der Waals surface area contributed by atoms with Crippen molar-refractivity contribution in [3.05, 3.63) is 23.2 Å². The standard InChI is InChI=1S/C7H5ClF3NO2S/c8-4-1-2-5(12)6(3-4)15(13,14)7(9,10)11/h1-3H,12H2. The first kappa shape index (κ1) is 12.1. The van der Waals surface area contributed by atoms with E-state index in [0.717, 1.165) is 6.07 Å². The highest BCUT2D eigenvalue weighted by molar-refractivity contribution is 7.92. The first-order chi connectivity index (χ1) is 6.66. The Hall–Kier alpha value is -0.950. The van der Waals surface area contributed by atoms with E-state index in [4.69, 9.17) is 17.3 Å². The van der Waals surface area contributed by atoms with Crippen LogP contribution in [0.15, 0.2) is 23.1 Å². The fraction of sp³-hybridized carbons (Fsp3) is 0.143. The quantitative estimate of drug-likeness (QED) is 0.787. The molecular formula is C7H5ClF3NO2S. The molecule has 2 N–H and O–H groups in total. The van der Waals surface area contributed by atoms with E-state index in [2.05, 4.69) is 0 Å². The molecule has 84 valence electrons. The number of hydrogen-bond acceptors (Lipinski definition) is 3. The lowest BCUT2D eigenvalue weighted by molar-refractivity contribution is -0.0435. The molecule has 1 aromatic rings. The molecule has 0 saturated carbocycles. The third-order valence-corrected chi connectivity index (χ3v) is 3.35. The molecule has 0 heterocycles. The molecule has 0 aliphatic heterocycles. The highest BCUT2D eigenvalue weighted by atomic mass is 35.5. The normalized spacial score (nSPS) is 12.8. The van der Waals surface area contributed by atoms with Gasteiger partial charge in [-0.05, 0) is 18.2 Å². The first-order valence-electron chi connectivity index (χ1n) is 3.52. The minimum atomic E-state index is -5.44. The molecule has 0 spiro atoms. The van der Waals surface area contributed by atoms with E-state index < -0.39 is 25.9 Å². The van der Waals surface area contributed by atoms with Crippen LogP contribution >= 0.6 is 11.6 Å².